The SMILES string of the molecule is Cc1ccc(Oc2ccc3c(-c4ccc(C(F)F)c(-c5cnn(CC(F)(F)F)c5C)n4)cnn3c2)nn1. The molecule has 0 aliphatic carbocycles. The largest absolute Gasteiger partial charge is 0.436 e. The van der Waals surface area contributed by atoms with Gasteiger partial charge in [0.05, 0.1) is 41.2 Å². The average molecular weight is 515 g/mol. The van der Waals surface area contributed by atoms with Crippen LogP contribution in [0.3, 0.4) is 0 Å². The zero-order valence-electron chi connectivity index (χ0n) is 19.4. The van der Waals surface area contributed by atoms with E-state index in [2.05, 4.69) is 25.4 Å². The van der Waals surface area contributed by atoms with Crippen molar-refractivity contribution in [1.82, 2.24) is 34.6 Å². The van der Waals surface area contributed by atoms with Gasteiger partial charge in [-0.2, -0.15) is 28.5 Å². The Morgan fingerprint density at radius 2 is 1.70 bits per heavy atom. The van der Waals surface area contributed by atoms with E-state index in [1.54, 1.807) is 37.4 Å². The normalized spacial score (nSPS) is 12.0. The monoisotopic (exact) mass is 515 g/mol. The topological polar surface area (TPSA) is 83.0 Å². The first kappa shape index (κ1) is 24.3. The number of fused-ring (bicyclic) bond motifs is 1. The van der Waals surface area contributed by atoms with Gasteiger partial charge < -0.3 is 4.74 Å². The van der Waals surface area contributed by atoms with Gasteiger partial charge in [0.25, 0.3) is 6.43 Å². The predicted octanol–water partition coefficient (Wildman–Crippen LogP) is 5.96. The first-order valence-electron chi connectivity index (χ1n) is 10.9. The van der Waals surface area contributed by atoms with Crippen LogP contribution < -0.4 is 4.74 Å². The zero-order chi connectivity index (χ0) is 26.3. The Labute approximate surface area is 206 Å². The van der Waals surface area contributed by atoms with Gasteiger partial charge in [0.2, 0.25) is 5.88 Å². The highest BCUT2D eigenvalue weighted by atomic mass is 19.4. The molecule has 0 spiro atoms. The molecule has 0 bridgehead atoms. The summed E-state index contributed by atoms with van der Waals surface area (Å²) in [5.74, 6) is 0.738. The number of aryl methyl sites for hydroxylation is 1. The van der Waals surface area contributed by atoms with Crippen LogP contribution in [0.1, 0.15) is 23.4 Å². The molecule has 13 heteroatoms. The van der Waals surface area contributed by atoms with E-state index in [1.165, 1.54) is 29.8 Å². The third kappa shape index (κ3) is 4.97. The van der Waals surface area contributed by atoms with E-state index in [4.69, 9.17) is 4.74 Å². The maximum absolute atomic E-state index is 13.8. The van der Waals surface area contributed by atoms with Crippen molar-refractivity contribution in [2.24, 2.45) is 0 Å². The minimum absolute atomic E-state index is 0.0738. The van der Waals surface area contributed by atoms with Crippen molar-refractivity contribution < 1.29 is 26.7 Å². The van der Waals surface area contributed by atoms with Crippen molar-refractivity contribution in [3.05, 3.63) is 71.9 Å². The van der Waals surface area contributed by atoms with Crippen LogP contribution in [-0.4, -0.2) is 40.8 Å². The summed E-state index contributed by atoms with van der Waals surface area (Å²) in [7, 11) is 0. The molecular formula is C24H18F5N7O. The standard InChI is InChI=1S/C24H18F5N7O/c1-13-3-8-21(34-33-13)37-15-4-7-20-18(10-30-35(20)11-15)19-6-5-16(23(25)26)22(32-19)17-9-31-36(14(17)2)12-24(27,28)29/h3-11,23H,12H2,1-2H3. The summed E-state index contributed by atoms with van der Waals surface area (Å²) in [6.07, 6.45) is -3.16. The minimum atomic E-state index is -4.51. The molecule has 0 saturated heterocycles. The maximum Gasteiger partial charge on any atom is 0.408 e. The fourth-order valence-corrected chi connectivity index (χ4v) is 3.80. The van der Waals surface area contributed by atoms with E-state index in [9.17, 15) is 22.0 Å². The molecule has 0 aromatic carbocycles. The van der Waals surface area contributed by atoms with Crippen LogP contribution in [0.15, 0.2) is 55.0 Å². The predicted molar refractivity (Wildman–Crippen MR) is 122 cm³/mol. The van der Waals surface area contributed by atoms with Gasteiger partial charge in [-0.15, -0.1) is 5.10 Å². The highest BCUT2D eigenvalue weighted by Gasteiger charge is 2.30. The lowest BCUT2D eigenvalue weighted by Gasteiger charge is -2.12. The first-order chi connectivity index (χ1) is 17.6. The molecule has 5 heterocycles. The summed E-state index contributed by atoms with van der Waals surface area (Å²) < 4.78 is 74.2. The number of nitrogens with zero attached hydrogens (tertiary/aromatic N) is 7. The van der Waals surface area contributed by atoms with Crippen molar-refractivity contribution >= 4 is 5.52 Å². The van der Waals surface area contributed by atoms with Crippen LogP contribution in [0.25, 0.3) is 28.0 Å². The highest BCUT2D eigenvalue weighted by Crippen LogP contribution is 2.35. The Morgan fingerprint density at radius 1 is 0.919 bits per heavy atom. The summed E-state index contributed by atoms with van der Waals surface area (Å²) >= 11 is 0. The summed E-state index contributed by atoms with van der Waals surface area (Å²) in [6, 6.07) is 9.46. The van der Waals surface area contributed by atoms with Gasteiger partial charge >= 0.3 is 6.18 Å². The molecule has 0 unspecified atom stereocenters. The molecule has 5 rings (SSSR count). The van der Waals surface area contributed by atoms with Gasteiger partial charge in [0.1, 0.15) is 12.3 Å². The molecule has 8 nitrogen and oxygen atoms in total. The van der Waals surface area contributed by atoms with E-state index < -0.39 is 24.7 Å². The average Bonchev–Trinajstić information content (AvgIpc) is 3.42. The van der Waals surface area contributed by atoms with Gasteiger partial charge in [0.15, 0.2) is 0 Å². The van der Waals surface area contributed by atoms with E-state index in [0.29, 0.717) is 33.1 Å². The number of ether oxygens (including phenoxy) is 1. The third-order valence-electron chi connectivity index (χ3n) is 5.61. The molecule has 0 atom stereocenters. The van der Waals surface area contributed by atoms with Crippen LogP contribution >= 0.6 is 0 Å². The highest BCUT2D eigenvalue weighted by molar-refractivity contribution is 5.80. The van der Waals surface area contributed by atoms with E-state index >= 15 is 0 Å². The third-order valence-corrected chi connectivity index (χ3v) is 5.61. The second-order valence-electron chi connectivity index (χ2n) is 8.22. The number of hydrogen-bond acceptors (Lipinski definition) is 6. The van der Waals surface area contributed by atoms with Crippen molar-refractivity contribution in [2.45, 2.75) is 33.0 Å². The fraction of sp³-hybridized carbons (Fsp3) is 0.208. The number of rotatable bonds is 6. The molecule has 0 radical (unpaired) electrons. The molecule has 0 saturated carbocycles. The number of pyridine rings is 2. The molecule has 0 fully saturated rings. The van der Waals surface area contributed by atoms with Gasteiger partial charge in [-0.05, 0) is 44.2 Å². The second-order valence-corrected chi connectivity index (χ2v) is 8.22. The van der Waals surface area contributed by atoms with Crippen LogP contribution in [0.4, 0.5) is 22.0 Å². The van der Waals surface area contributed by atoms with E-state index in [0.717, 1.165) is 11.9 Å². The number of aromatic nitrogens is 7. The quantitative estimate of drug-likeness (QED) is 0.260. The van der Waals surface area contributed by atoms with E-state index in [1.807, 2.05) is 0 Å². The van der Waals surface area contributed by atoms with Crippen LogP contribution in [-0.2, 0) is 6.54 Å². The second kappa shape index (κ2) is 9.22. The Morgan fingerprint density at radius 3 is 2.41 bits per heavy atom. The maximum atomic E-state index is 13.8. The molecule has 5 aromatic rings. The Kier molecular flexibility index (Phi) is 6.05. The van der Waals surface area contributed by atoms with Crippen LogP contribution in [0, 0.1) is 13.8 Å². The summed E-state index contributed by atoms with van der Waals surface area (Å²) in [6.45, 7) is 1.85. The Bertz CT molecular complexity index is 1580. The first-order valence-corrected chi connectivity index (χ1v) is 10.9. The lowest BCUT2D eigenvalue weighted by molar-refractivity contribution is -0.142. The van der Waals surface area contributed by atoms with Crippen LogP contribution in [0.5, 0.6) is 11.6 Å². The smallest absolute Gasteiger partial charge is 0.408 e. The van der Waals surface area contributed by atoms with Crippen LogP contribution in [0.2, 0.25) is 0 Å². The molecule has 0 aliphatic heterocycles. The fourth-order valence-electron chi connectivity index (χ4n) is 3.80. The lowest BCUT2D eigenvalue weighted by Crippen LogP contribution is -2.19. The lowest BCUT2D eigenvalue weighted by atomic mass is 10.0. The van der Waals surface area contributed by atoms with E-state index in [-0.39, 0.29) is 17.0 Å². The molecule has 37 heavy (non-hydrogen) atoms. The molecular weight excluding hydrogens is 497 g/mol. The summed E-state index contributed by atoms with van der Waals surface area (Å²) in [5, 5.41) is 15.9. The van der Waals surface area contributed by atoms with Crippen molar-refractivity contribution in [3.63, 3.8) is 0 Å². The Balaban J connectivity index is 1.52. The van der Waals surface area contributed by atoms with Gasteiger partial charge in [0, 0.05) is 28.5 Å². The number of alkyl halides is 5. The van der Waals surface area contributed by atoms with Crippen molar-refractivity contribution in [3.8, 4) is 34.1 Å². The number of hydrogen-bond donors (Lipinski definition) is 0. The summed E-state index contributed by atoms with van der Waals surface area (Å²) in [4.78, 5) is 4.41. The molecule has 0 aliphatic rings. The number of halogens is 5. The van der Waals surface area contributed by atoms with Gasteiger partial charge in [-0.3, -0.25) is 4.68 Å². The molecule has 0 N–H and O–H groups in total. The minimum Gasteiger partial charge on any atom is -0.436 e. The molecule has 0 amide bonds. The molecule has 5 aromatic heterocycles. The molecule has 190 valence electrons. The van der Waals surface area contributed by atoms with Gasteiger partial charge in [-0.1, -0.05) is 0 Å². The van der Waals surface area contributed by atoms with Crippen molar-refractivity contribution in [1.29, 1.82) is 0 Å². The zero-order valence-corrected chi connectivity index (χ0v) is 19.4. The van der Waals surface area contributed by atoms with Gasteiger partial charge in [-0.25, -0.2) is 18.3 Å². The summed E-state index contributed by atoms with van der Waals surface area (Å²) in [5.41, 5.74) is 1.81. The van der Waals surface area contributed by atoms with Crippen molar-refractivity contribution in [2.75, 3.05) is 0 Å². The Hall–Kier alpha value is -4.42.